The van der Waals surface area contributed by atoms with Crippen molar-refractivity contribution in [3.05, 3.63) is 34.9 Å². The van der Waals surface area contributed by atoms with Crippen LogP contribution in [0.25, 0.3) is 0 Å². The van der Waals surface area contributed by atoms with Gasteiger partial charge in [0.1, 0.15) is 12.1 Å². The molecular formula is C19H22O2. The average Bonchev–Trinajstić information content (AvgIpc) is 2.82. The van der Waals surface area contributed by atoms with Gasteiger partial charge in [0.05, 0.1) is 0 Å². The predicted molar refractivity (Wildman–Crippen MR) is 81.5 cm³/mol. The smallest absolute Gasteiger partial charge is 0.150 e. The molecular weight excluding hydrogens is 260 g/mol. The monoisotopic (exact) mass is 282 g/mol. The van der Waals surface area contributed by atoms with Crippen molar-refractivity contribution < 1.29 is 9.59 Å². The summed E-state index contributed by atoms with van der Waals surface area (Å²) in [5.74, 6) is 2.37. The Morgan fingerprint density at radius 3 is 2.86 bits per heavy atom. The zero-order chi connectivity index (χ0) is 14.6. The van der Waals surface area contributed by atoms with Crippen molar-refractivity contribution in [3.63, 3.8) is 0 Å². The van der Waals surface area contributed by atoms with E-state index in [0.717, 1.165) is 44.0 Å². The Kier molecular flexibility index (Phi) is 2.85. The van der Waals surface area contributed by atoms with Crippen LogP contribution < -0.4 is 0 Å². The number of carbonyl (C=O) groups excluding carboxylic acids is 2. The van der Waals surface area contributed by atoms with E-state index in [2.05, 4.69) is 19.1 Å². The molecule has 3 aliphatic rings. The van der Waals surface area contributed by atoms with Gasteiger partial charge < -0.3 is 0 Å². The lowest BCUT2D eigenvalue weighted by atomic mass is 9.55. The molecule has 0 unspecified atom stereocenters. The van der Waals surface area contributed by atoms with Crippen LogP contribution >= 0.6 is 0 Å². The van der Waals surface area contributed by atoms with E-state index in [1.165, 1.54) is 17.5 Å². The molecule has 2 heteroatoms. The molecule has 1 aromatic carbocycles. The van der Waals surface area contributed by atoms with Gasteiger partial charge in [-0.1, -0.05) is 19.1 Å². The van der Waals surface area contributed by atoms with Crippen LogP contribution in [0.15, 0.2) is 18.2 Å². The second-order valence-corrected chi connectivity index (χ2v) is 7.41. The molecule has 0 aliphatic heterocycles. The first-order chi connectivity index (χ1) is 10.1. The SMILES string of the molecule is C[C@]12CC[C@@H]3c4ccc(C=O)cc4CC[C@H]3[C@@H]1CCC2=O. The molecule has 0 amide bonds. The molecule has 4 atom stereocenters. The van der Waals surface area contributed by atoms with Gasteiger partial charge in [0.2, 0.25) is 0 Å². The van der Waals surface area contributed by atoms with E-state index in [4.69, 9.17) is 0 Å². The molecule has 2 nitrogen and oxygen atoms in total. The number of aldehydes is 1. The quantitative estimate of drug-likeness (QED) is 0.731. The van der Waals surface area contributed by atoms with E-state index in [0.29, 0.717) is 23.5 Å². The maximum atomic E-state index is 12.3. The summed E-state index contributed by atoms with van der Waals surface area (Å²) in [4.78, 5) is 23.3. The van der Waals surface area contributed by atoms with E-state index in [1.807, 2.05) is 6.07 Å². The Hall–Kier alpha value is -1.44. The summed E-state index contributed by atoms with van der Waals surface area (Å²) in [6, 6.07) is 6.21. The van der Waals surface area contributed by atoms with Crippen LogP contribution in [-0.4, -0.2) is 12.1 Å². The van der Waals surface area contributed by atoms with Crippen LogP contribution in [0.2, 0.25) is 0 Å². The third-order valence-electron chi connectivity index (χ3n) is 6.60. The molecule has 0 radical (unpaired) electrons. The number of benzene rings is 1. The van der Waals surface area contributed by atoms with Crippen molar-refractivity contribution in [2.45, 2.75) is 51.4 Å². The summed E-state index contributed by atoms with van der Waals surface area (Å²) in [6.45, 7) is 2.22. The van der Waals surface area contributed by atoms with Gasteiger partial charge in [-0.3, -0.25) is 9.59 Å². The first kappa shape index (κ1) is 13.2. The number of rotatable bonds is 1. The number of aryl methyl sites for hydroxylation is 1. The van der Waals surface area contributed by atoms with Crippen LogP contribution in [0.3, 0.4) is 0 Å². The molecule has 0 bridgehead atoms. The van der Waals surface area contributed by atoms with Crippen LogP contribution in [0.5, 0.6) is 0 Å². The first-order valence-corrected chi connectivity index (χ1v) is 8.25. The van der Waals surface area contributed by atoms with Crippen molar-refractivity contribution >= 4 is 12.1 Å². The Labute approximate surface area is 125 Å². The van der Waals surface area contributed by atoms with Crippen LogP contribution in [0.1, 0.15) is 66.4 Å². The number of carbonyl (C=O) groups is 2. The van der Waals surface area contributed by atoms with Crippen LogP contribution in [-0.2, 0) is 11.2 Å². The highest BCUT2D eigenvalue weighted by atomic mass is 16.1. The zero-order valence-electron chi connectivity index (χ0n) is 12.6. The molecule has 21 heavy (non-hydrogen) atoms. The van der Waals surface area contributed by atoms with Crippen molar-refractivity contribution in [1.82, 2.24) is 0 Å². The minimum Gasteiger partial charge on any atom is -0.299 e. The number of ketones is 1. The largest absolute Gasteiger partial charge is 0.299 e. The fraction of sp³-hybridized carbons (Fsp3) is 0.579. The van der Waals surface area contributed by atoms with Gasteiger partial charge >= 0.3 is 0 Å². The Morgan fingerprint density at radius 1 is 1.19 bits per heavy atom. The number of fused-ring (bicyclic) bond motifs is 5. The van der Waals surface area contributed by atoms with E-state index < -0.39 is 0 Å². The Bertz CT molecular complexity index is 618. The second-order valence-electron chi connectivity index (χ2n) is 7.41. The predicted octanol–water partition coefficient (Wildman–Crippen LogP) is 3.92. The van der Waals surface area contributed by atoms with Gasteiger partial charge in [-0.05, 0) is 67.1 Å². The molecule has 2 saturated carbocycles. The topological polar surface area (TPSA) is 34.1 Å². The highest BCUT2D eigenvalue weighted by Gasteiger charge is 2.54. The lowest BCUT2D eigenvalue weighted by Crippen LogP contribution is -2.42. The number of hydrogen-bond acceptors (Lipinski definition) is 2. The first-order valence-electron chi connectivity index (χ1n) is 8.25. The summed E-state index contributed by atoms with van der Waals surface area (Å²) in [6.07, 6.45) is 7.27. The zero-order valence-corrected chi connectivity index (χ0v) is 12.6. The Morgan fingerprint density at radius 2 is 2.05 bits per heavy atom. The molecule has 3 aliphatic carbocycles. The maximum Gasteiger partial charge on any atom is 0.150 e. The van der Waals surface area contributed by atoms with Gasteiger partial charge in [0.15, 0.2) is 0 Å². The summed E-state index contributed by atoms with van der Waals surface area (Å²) in [7, 11) is 0. The van der Waals surface area contributed by atoms with Gasteiger partial charge in [-0.15, -0.1) is 0 Å². The highest BCUT2D eigenvalue weighted by Crippen LogP contribution is 2.59. The minimum atomic E-state index is -0.0403. The molecule has 110 valence electrons. The lowest BCUT2D eigenvalue weighted by Gasteiger charge is -2.48. The van der Waals surface area contributed by atoms with Gasteiger partial charge in [-0.2, -0.15) is 0 Å². The second kappa shape index (κ2) is 4.53. The molecule has 0 heterocycles. The van der Waals surface area contributed by atoms with E-state index in [9.17, 15) is 9.59 Å². The summed E-state index contributed by atoms with van der Waals surface area (Å²) < 4.78 is 0. The number of Topliss-reactive ketones (excluding diaryl/α,β-unsaturated/α-hetero) is 1. The summed E-state index contributed by atoms with van der Waals surface area (Å²) in [5, 5.41) is 0. The number of hydrogen-bond donors (Lipinski definition) is 0. The molecule has 0 spiro atoms. The molecule has 4 rings (SSSR count). The normalized spacial score (nSPS) is 37.6. The van der Waals surface area contributed by atoms with Crippen molar-refractivity contribution in [2.24, 2.45) is 17.3 Å². The molecule has 2 fully saturated rings. The molecule has 0 N–H and O–H groups in total. The highest BCUT2D eigenvalue weighted by molar-refractivity contribution is 5.87. The fourth-order valence-corrected chi connectivity index (χ4v) is 5.45. The van der Waals surface area contributed by atoms with E-state index >= 15 is 0 Å². The van der Waals surface area contributed by atoms with Crippen molar-refractivity contribution in [1.29, 1.82) is 0 Å². The third-order valence-corrected chi connectivity index (χ3v) is 6.60. The maximum absolute atomic E-state index is 12.3. The van der Waals surface area contributed by atoms with E-state index in [-0.39, 0.29) is 5.41 Å². The van der Waals surface area contributed by atoms with Crippen LogP contribution in [0, 0.1) is 17.3 Å². The van der Waals surface area contributed by atoms with Crippen molar-refractivity contribution in [2.75, 3.05) is 0 Å². The van der Waals surface area contributed by atoms with Gasteiger partial charge in [0, 0.05) is 17.4 Å². The fourth-order valence-electron chi connectivity index (χ4n) is 5.45. The Balaban J connectivity index is 1.71. The minimum absolute atomic E-state index is 0.0403. The van der Waals surface area contributed by atoms with Crippen LogP contribution in [0.4, 0.5) is 0 Å². The van der Waals surface area contributed by atoms with Crippen molar-refractivity contribution in [3.8, 4) is 0 Å². The molecule has 0 saturated heterocycles. The standard InChI is InChI=1S/C19H22O2/c1-19-9-8-15-14-4-2-12(11-20)10-13(14)3-5-16(15)17(19)6-7-18(19)21/h2,4,10-11,15-17H,3,5-9H2,1H3/t15-,16-,17+,19+/m1/s1. The summed E-state index contributed by atoms with van der Waals surface area (Å²) >= 11 is 0. The van der Waals surface area contributed by atoms with Gasteiger partial charge in [0.25, 0.3) is 0 Å². The molecule has 1 aromatic rings. The molecule has 0 aromatic heterocycles. The summed E-state index contributed by atoms with van der Waals surface area (Å²) in [5.41, 5.74) is 3.58. The lowest BCUT2D eigenvalue weighted by molar-refractivity contribution is -0.129. The third kappa shape index (κ3) is 1.77. The van der Waals surface area contributed by atoms with E-state index in [1.54, 1.807) is 0 Å². The van der Waals surface area contributed by atoms with Gasteiger partial charge in [-0.25, -0.2) is 0 Å². The average molecular weight is 282 g/mol.